The van der Waals surface area contributed by atoms with E-state index in [1.54, 1.807) is 24.4 Å². The normalized spacial score (nSPS) is 12.8. The molecule has 2 atom stereocenters. The van der Waals surface area contributed by atoms with Crippen molar-refractivity contribution in [2.75, 3.05) is 19.1 Å². The van der Waals surface area contributed by atoms with Gasteiger partial charge in [-0.1, -0.05) is 29.4 Å². The molecule has 0 aliphatic heterocycles. The van der Waals surface area contributed by atoms with Crippen LogP contribution in [0.1, 0.15) is 18.6 Å². The first-order valence-electron chi connectivity index (χ1n) is 7.56. The van der Waals surface area contributed by atoms with Gasteiger partial charge in [0, 0.05) is 30.7 Å². The van der Waals surface area contributed by atoms with Crippen LogP contribution in [0.4, 0.5) is 10.2 Å². The quantitative estimate of drug-likeness (QED) is 0.466. The van der Waals surface area contributed by atoms with Gasteiger partial charge >= 0.3 is 0 Å². The van der Waals surface area contributed by atoms with Gasteiger partial charge < -0.3 is 10.1 Å². The third kappa shape index (κ3) is 4.76. The van der Waals surface area contributed by atoms with Crippen LogP contribution in [-0.4, -0.2) is 30.7 Å². The van der Waals surface area contributed by atoms with E-state index < -0.39 is 18.8 Å². The van der Waals surface area contributed by atoms with E-state index in [9.17, 15) is 9.18 Å². The summed E-state index contributed by atoms with van der Waals surface area (Å²) in [5, 5.41) is 6.04. The number of methoxy groups -OCH3 is 1. The Bertz CT molecular complexity index is 758. The Balaban J connectivity index is 2.20. The third-order valence-corrected chi connectivity index (χ3v) is 3.60. The third-order valence-electron chi connectivity index (χ3n) is 3.60. The summed E-state index contributed by atoms with van der Waals surface area (Å²) in [6, 6.07) is 9.92. The van der Waals surface area contributed by atoms with Gasteiger partial charge in [-0.05, 0) is 28.8 Å². The van der Waals surface area contributed by atoms with E-state index in [0.717, 1.165) is 11.1 Å². The number of pyridine rings is 1. The van der Waals surface area contributed by atoms with Crippen LogP contribution in [0.5, 0.6) is 0 Å². The highest BCUT2D eigenvalue weighted by Gasteiger charge is 2.22. The minimum atomic E-state index is -0.917. The molecule has 0 saturated carbocycles. The number of anilines is 1. The van der Waals surface area contributed by atoms with Crippen molar-refractivity contribution >= 4 is 11.7 Å². The number of rotatable bonds is 7. The molecule has 8 heteroatoms. The van der Waals surface area contributed by atoms with Crippen molar-refractivity contribution in [1.29, 1.82) is 0 Å². The molecule has 0 spiro atoms. The summed E-state index contributed by atoms with van der Waals surface area (Å²) in [6.45, 7) is 0.612. The topological polar surface area (TPSA) is 100.0 Å². The summed E-state index contributed by atoms with van der Waals surface area (Å²) < 4.78 is 18.3. The Morgan fingerprint density at radius 1 is 1.32 bits per heavy atom. The minimum absolute atomic E-state index is 0.183. The predicted molar refractivity (Wildman–Crippen MR) is 92.6 cm³/mol. The van der Waals surface area contributed by atoms with Crippen molar-refractivity contribution in [2.45, 2.75) is 19.1 Å². The monoisotopic (exact) mass is 343 g/mol. The lowest BCUT2D eigenvalue weighted by molar-refractivity contribution is -0.114. The Hall–Kier alpha value is -2.96. The molecule has 2 aromatic rings. The average Bonchev–Trinajstić information content (AvgIpc) is 2.62. The Kier molecular flexibility index (Phi) is 6.45. The predicted octanol–water partition coefficient (Wildman–Crippen LogP) is 4.04. The maximum absolute atomic E-state index is 13.1. The van der Waals surface area contributed by atoms with Crippen molar-refractivity contribution in [2.24, 2.45) is 5.11 Å². The fraction of sp³-hybridized carbons (Fsp3) is 0.294. The molecule has 1 heterocycles. The number of hydrogen-bond acceptors (Lipinski definition) is 4. The smallest absolute Gasteiger partial charge is 0.222 e. The number of nitrogens with zero attached hydrogens (tertiary/aromatic N) is 4. The number of halogens is 1. The molecule has 25 heavy (non-hydrogen) atoms. The summed E-state index contributed by atoms with van der Waals surface area (Å²) in [6.07, 6.45) is 0.994. The van der Waals surface area contributed by atoms with Crippen LogP contribution in [0, 0.1) is 0 Å². The minimum Gasteiger partial charge on any atom is -0.376 e. The molecule has 0 radical (unpaired) electrons. The van der Waals surface area contributed by atoms with Crippen LogP contribution in [0.3, 0.4) is 0 Å². The van der Waals surface area contributed by atoms with Gasteiger partial charge in [0.25, 0.3) is 0 Å². The zero-order valence-electron chi connectivity index (χ0n) is 13.9. The number of carbonyl (C=O) groups is 1. The maximum Gasteiger partial charge on any atom is 0.222 e. The molecule has 1 aromatic heterocycles. The number of ether oxygens (including phenoxy) is 1. The van der Waals surface area contributed by atoms with E-state index in [-0.39, 0.29) is 5.91 Å². The van der Waals surface area contributed by atoms with Crippen LogP contribution in [0.2, 0.25) is 0 Å². The zero-order valence-corrected chi connectivity index (χ0v) is 13.9. The summed E-state index contributed by atoms with van der Waals surface area (Å²) >= 11 is 0. The van der Waals surface area contributed by atoms with Crippen molar-refractivity contribution in [3.63, 3.8) is 0 Å². The van der Waals surface area contributed by atoms with Crippen LogP contribution < -0.4 is 5.32 Å². The van der Waals surface area contributed by atoms with Crippen LogP contribution in [0.15, 0.2) is 47.7 Å². The van der Waals surface area contributed by atoms with Gasteiger partial charge in [-0.2, -0.15) is 0 Å². The Labute approximate surface area is 144 Å². The van der Waals surface area contributed by atoms with Crippen molar-refractivity contribution < 1.29 is 13.9 Å². The first-order valence-corrected chi connectivity index (χ1v) is 7.56. The lowest BCUT2D eigenvalue weighted by Crippen LogP contribution is -2.20. The van der Waals surface area contributed by atoms with Gasteiger partial charge in [-0.3, -0.25) is 9.18 Å². The standard InChI is InChI=1S/C17H18FN5O2/c1-11(24)21-16-8-7-14(10-20-16)12-3-5-13(6-4-12)17(25-2)15(9-18)22-23-19/h3-8,10,15,17H,9H2,1-2H3,(H,20,21,24)/t15-,17-/m1/s1. The second-order valence-electron chi connectivity index (χ2n) is 5.32. The molecule has 1 aromatic carbocycles. The van der Waals surface area contributed by atoms with E-state index in [4.69, 9.17) is 10.3 Å². The van der Waals surface area contributed by atoms with Crippen LogP contribution in [-0.2, 0) is 9.53 Å². The second-order valence-corrected chi connectivity index (χ2v) is 5.32. The summed E-state index contributed by atoms with van der Waals surface area (Å²) in [7, 11) is 1.44. The summed E-state index contributed by atoms with van der Waals surface area (Å²) in [5.74, 6) is 0.296. The molecule has 1 N–H and O–H groups in total. The van der Waals surface area contributed by atoms with Crippen molar-refractivity contribution in [3.8, 4) is 11.1 Å². The number of hydrogen-bond donors (Lipinski definition) is 1. The largest absolute Gasteiger partial charge is 0.376 e. The van der Waals surface area contributed by atoms with Gasteiger partial charge in [0.05, 0.1) is 12.1 Å². The molecular weight excluding hydrogens is 325 g/mol. The van der Waals surface area contributed by atoms with E-state index >= 15 is 0 Å². The van der Waals surface area contributed by atoms with Crippen LogP contribution in [0.25, 0.3) is 21.6 Å². The van der Waals surface area contributed by atoms with E-state index in [1.807, 2.05) is 18.2 Å². The number of nitrogens with one attached hydrogen (secondary N) is 1. The Morgan fingerprint density at radius 2 is 2.00 bits per heavy atom. The van der Waals surface area contributed by atoms with E-state index in [2.05, 4.69) is 20.3 Å². The number of amides is 1. The van der Waals surface area contributed by atoms with Gasteiger partial charge in [-0.15, -0.1) is 0 Å². The molecule has 0 aliphatic rings. The molecule has 1 amide bonds. The molecular formula is C17H18FN5O2. The Morgan fingerprint density at radius 3 is 2.48 bits per heavy atom. The molecule has 0 aliphatic carbocycles. The molecule has 0 fully saturated rings. The molecule has 130 valence electrons. The number of aromatic nitrogens is 1. The van der Waals surface area contributed by atoms with Gasteiger partial charge in [-0.25, -0.2) is 4.98 Å². The van der Waals surface area contributed by atoms with Gasteiger partial charge in [0.1, 0.15) is 12.5 Å². The summed E-state index contributed by atoms with van der Waals surface area (Å²) in [4.78, 5) is 17.8. The molecule has 0 unspecified atom stereocenters. The molecule has 7 nitrogen and oxygen atoms in total. The maximum atomic E-state index is 13.1. The molecule has 0 bridgehead atoms. The lowest BCUT2D eigenvalue weighted by Gasteiger charge is -2.20. The van der Waals surface area contributed by atoms with Gasteiger partial charge in [0.15, 0.2) is 0 Å². The number of alkyl halides is 1. The number of benzene rings is 1. The van der Waals surface area contributed by atoms with Crippen molar-refractivity contribution in [3.05, 3.63) is 58.6 Å². The van der Waals surface area contributed by atoms with E-state index in [1.165, 1.54) is 14.0 Å². The first kappa shape index (κ1) is 18.4. The number of azide groups is 1. The fourth-order valence-corrected chi connectivity index (χ4v) is 2.44. The average molecular weight is 343 g/mol. The SMILES string of the molecule is CO[C@H](c1ccc(-c2ccc(NC(C)=O)nc2)cc1)[C@@H](CF)N=[N+]=[N-]. The van der Waals surface area contributed by atoms with E-state index in [0.29, 0.717) is 11.4 Å². The molecule has 2 rings (SSSR count). The molecule has 0 saturated heterocycles. The lowest BCUT2D eigenvalue weighted by atomic mass is 9.99. The first-order chi connectivity index (χ1) is 12.1. The highest BCUT2D eigenvalue weighted by Crippen LogP contribution is 2.27. The second kappa shape index (κ2) is 8.77. The highest BCUT2D eigenvalue weighted by atomic mass is 19.1. The fourth-order valence-electron chi connectivity index (χ4n) is 2.44. The zero-order chi connectivity index (χ0) is 18.2. The highest BCUT2D eigenvalue weighted by molar-refractivity contribution is 5.87. The van der Waals surface area contributed by atoms with Crippen molar-refractivity contribution in [1.82, 2.24) is 4.98 Å². The van der Waals surface area contributed by atoms with Gasteiger partial charge in [0.2, 0.25) is 5.91 Å². The van der Waals surface area contributed by atoms with Crippen LogP contribution >= 0.6 is 0 Å². The number of carbonyl (C=O) groups excluding carboxylic acids is 1. The summed E-state index contributed by atoms with van der Waals surface area (Å²) in [5.41, 5.74) is 11.0.